The van der Waals surface area contributed by atoms with Gasteiger partial charge in [0.15, 0.2) is 0 Å². The van der Waals surface area contributed by atoms with Crippen molar-refractivity contribution in [2.45, 2.75) is 25.8 Å². The van der Waals surface area contributed by atoms with E-state index in [4.69, 9.17) is 5.84 Å². The van der Waals surface area contributed by atoms with E-state index < -0.39 is 0 Å². The molecule has 0 unspecified atom stereocenters. The number of nitrogens with two attached hydrogens (primary N) is 1. The standard InChI is InChI=1S/C5H13N3/c1-4-2-5(3-4)7-8-6/h4-5,7-8H,2-3,6H2,1H3. The topological polar surface area (TPSA) is 50.1 Å². The smallest absolute Gasteiger partial charge is 0.0231 e. The minimum Gasteiger partial charge on any atom is -0.258 e. The van der Waals surface area contributed by atoms with Crippen molar-refractivity contribution in [2.24, 2.45) is 11.8 Å². The van der Waals surface area contributed by atoms with Crippen molar-refractivity contribution in [3.63, 3.8) is 0 Å². The van der Waals surface area contributed by atoms with Crippen LogP contribution in [0.5, 0.6) is 0 Å². The normalized spacial score (nSPS) is 36.8. The molecule has 3 heteroatoms. The summed E-state index contributed by atoms with van der Waals surface area (Å²) in [5.74, 6) is 5.91. The fourth-order valence-electron chi connectivity index (χ4n) is 1.14. The molecule has 0 amide bonds. The van der Waals surface area contributed by atoms with Crippen molar-refractivity contribution < 1.29 is 0 Å². The number of hydrogen-bond donors (Lipinski definition) is 3. The van der Waals surface area contributed by atoms with E-state index in [1.807, 2.05) is 0 Å². The summed E-state index contributed by atoms with van der Waals surface area (Å²) in [4.78, 5) is 0. The van der Waals surface area contributed by atoms with E-state index in [1.54, 1.807) is 0 Å². The van der Waals surface area contributed by atoms with Gasteiger partial charge in [-0.2, -0.15) is 5.53 Å². The maximum absolute atomic E-state index is 5.02. The van der Waals surface area contributed by atoms with Crippen LogP contribution in [0.4, 0.5) is 0 Å². The Morgan fingerprint density at radius 3 is 2.50 bits per heavy atom. The highest BCUT2D eigenvalue weighted by Crippen LogP contribution is 2.25. The van der Waals surface area contributed by atoms with Crippen LogP contribution in [0.15, 0.2) is 0 Å². The first-order valence-corrected chi connectivity index (χ1v) is 3.04. The highest BCUT2D eigenvalue weighted by Gasteiger charge is 2.23. The van der Waals surface area contributed by atoms with Gasteiger partial charge in [0.2, 0.25) is 0 Å². The van der Waals surface area contributed by atoms with Crippen molar-refractivity contribution in [1.29, 1.82) is 0 Å². The molecule has 0 saturated heterocycles. The zero-order chi connectivity index (χ0) is 5.98. The number of rotatable bonds is 2. The minimum absolute atomic E-state index is 0.620. The summed E-state index contributed by atoms with van der Waals surface area (Å²) >= 11 is 0. The van der Waals surface area contributed by atoms with Gasteiger partial charge in [0.25, 0.3) is 0 Å². The summed E-state index contributed by atoms with van der Waals surface area (Å²) in [5, 5.41) is 0. The predicted octanol–water partition coefficient (Wildman–Crippen LogP) is -0.247. The molecular formula is C5H13N3. The van der Waals surface area contributed by atoms with E-state index >= 15 is 0 Å². The molecule has 0 spiro atoms. The van der Waals surface area contributed by atoms with E-state index in [-0.39, 0.29) is 0 Å². The highest BCUT2D eigenvalue weighted by atomic mass is 15.5. The van der Waals surface area contributed by atoms with E-state index in [1.165, 1.54) is 12.8 Å². The Bertz CT molecular complexity index is 65.3. The molecule has 1 rings (SSSR count). The first-order valence-electron chi connectivity index (χ1n) is 3.04. The molecule has 8 heavy (non-hydrogen) atoms. The lowest BCUT2D eigenvalue weighted by Crippen LogP contribution is -2.50. The zero-order valence-electron chi connectivity index (χ0n) is 5.15. The second-order valence-electron chi connectivity index (χ2n) is 2.56. The van der Waals surface area contributed by atoms with Gasteiger partial charge in [-0.15, -0.1) is 0 Å². The minimum atomic E-state index is 0.620. The zero-order valence-corrected chi connectivity index (χ0v) is 5.15. The monoisotopic (exact) mass is 115 g/mol. The van der Waals surface area contributed by atoms with E-state index in [9.17, 15) is 0 Å². The molecule has 1 aliphatic carbocycles. The molecule has 0 aromatic heterocycles. The molecule has 4 N–H and O–H groups in total. The average Bonchev–Trinajstić information content (AvgIpc) is 1.64. The largest absolute Gasteiger partial charge is 0.258 e. The predicted molar refractivity (Wildman–Crippen MR) is 32.6 cm³/mol. The molecule has 3 nitrogen and oxygen atoms in total. The van der Waals surface area contributed by atoms with Crippen molar-refractivity contribution in [2.75, 3.05) is 0 Å². The quantitative estimate of drug-likeness (QED) is 0.343. The third-order valence-electron chi connectivity index (χ3n) is 1.66. The lowest BCUT2D eigenvalue weighted by Gasteiger charge is -2.32. The molecule has 0 aromatic rings. The Kier molecular flexibility index (Phi) is 1.83. The van der Waals surface area contributed by atoms with Crippen molar-refractivity contribution in [1.82, 2.24) is 11.0 Å². The van der Waals surface area contributed by atoms with E-state index in [2.05, 4.69) is 17.9 Å². The Morgan fingerprint density at radius 2 is 2.12 bits per heavy atom. The van der Waals surface area contributed by atoms with Crippen LogP contribution in [0.2, 0.25) is 0 Å². The second-order valence-corrected chi connectivity index (χ2v) is 2.56. The molecule has 0 heterocycles. The fourth-order valence-corrected chi connectivity index (χ4v) is 1.14. The summed E-state index contributed by atoms with van der Waals surface area (Å²) in [6.45, 7) is 2.24. The van der Waals surface area contributed by atoms with Crippen molar-refractivity contribution in [3.05, 3.63) is 0 Å². The van der Waals surface area contributed by atoms with Crippen molar-refractivity contribution in [3.8, 4) is 0 Å². The molecule has 48 valence electrons. The lowest BCUT2D eigenvalue weighted by molar-refractivity contribution is 0.220. The van der Waals surface area contributed by atoms with Crippen LogP contribution in [-0.2, 0) is 0 Å². The average molecular weight is 115 g/mol. The summed E-state index contributed by atoms with van der Waals surface area (Å²) in [6.07, 6.45) is 2.51. The van der Waals surface area contributed by atoms with E-state index in [0.717, 1.165) is 5.92 Å². The van der Waals surface area contributed by atoms with Gasteiger partial charge in [0.05, 0.1) is 0 Å². The van der Waals surface area contributed by atoms with Gasteiger partial charge < -0.3 is 0 Å². The van der Waals surface area contributed by atoms with Gasteiger partial charge in [0.1, 0.15) is 0 Å². The van der Waals surface area contributed by atoms with Gasteiger partial charge in [-0.3, -0.25) is 5.84 Å². The number of nitrogens with one attached hydrogen (secondary N) is 2. The van der Waals surface area contributed by atoms with Gasteiger partial charge in [-0.1, -0.05) is 6.92 Å². The van der Waals surface area contributed by atoms with Gasteiger partial charge in [0, 0.05) is 6.04 Å². The molecular weight excluding hydrogens is 102 g/mol. The summed E-state index contributed by atoms with van der Waals surface area (Å²) in [6, 6.07) is 0.620. The number of hydrogen-bond acceptors (Lipinski definition) is 3. The Morgan fingerprint density at radius 1 is 1.50 bits per heavy atom. The first-order chi connectivity index (χ1) is 3.83. The van der Waals surface area contributed by atoms with Crippen LogP contribution in [-0.4, -0.2) is 6.04 Å². The van der Waals surface area contributed by atoms with Crippen LogP contribution in [0.3, 0.4) is 0 Å². The summed E-state index contributed by atoms with van der Waals surface area (Å²) < 4.78 is 0. The molecule has 0 radical (unpaired) electrons. The lowest BCUT2D eigenvalue weighted by atomic mass is 9.82. The Labute approximate surface area is 49.6 Å². The SMILES string of the molecule is CC1CC(NNN)C1. The third-order valence-corrected chi connectivity index (χ3v) is 1.66. The van der Waals surface area contributed by atoms with Gasteiger partial charge in [-0.05, 0) is 18.8 Å². The molecule has 0 aromatic carbocycles. The van der Waals surface area contributed by atoms with Crippen LogP contribution in [0.25, 0.3) is 0 Å². The molecule has 0 bridgehead atoms. The van der Waals surface area contributed by atoms with Gasteiger partial charge >= 0.3 is 0 Å². The summed E-state index contributed by atoms with van der Waals surface area (Å²) in [5.41, 5.74) is 5.38. The van der Waals surface area contributed by atoms with Crippen LogP contribution in [0, 0.1) is 5.92 Å². The Hall–Kier alpha value is -0.120. The molecule has 0 aliphatic heterocycles. The molecule has 0 atom stereocenters. The summed E-state index contributed by atoms with van der Waals surface area (Å²) in [7, 11) is 0. The maximum Gasteiger partial charge on any atom is 0.0231 e. The second kappa shape index (κ2) is 2.44. The molecule has 1 saturated carbocycles. The van der Waals surface area contributed by atoms with Gasteiger partial charge in [-0.25, -0.2) is 5.43 Å². The highest BCUT2D eigenvalue weighted by molar-refractivity contribution is 4.80. The molecule has 1 fully saturated rings. The number of hydrazine groups is 2. The fraction of sp³-hybridized carbons (Fsp3) is 1.00. The van der Waals surface area contributed by atoms with Crippen LogP contribution < -0.4 is 16.8 Å². The van der Waals surface area contributed by atoms with Crippen molar-refractivity contribution >= 4 is 0 Å². The van der Waals surface area contributed by atoms with E-state index in [0.29, 0.717) is 6.04 Å². The first kappa shape index (κ1) is 6.01. The van der Waals surface area contributed by atoms with Crippen LogP contribution in [0.1, 0.15) is 19.8 Å². The molecule has 1 aliphatic rings. The van der Waals surface area contributed by atoms with Crippen LogP contribution >= 0.6 is 0 Å². The Balaban J connectivity index is 1.98. The third kappa shape index (κ3) is 1.18. The maximum atomic E-state index is 5.02.